The largest absolute Gasteiger partial charge is 0.493 e. The predicted octanol–water partition coefficient (Wildman–Crippen LogP) is 4.79. The standard InChI is InChI=1S/C20H20Cl2N2O3S/c1-26-17-11-13(20(28)24-8-4-5-9-24)10-15(22)19(17)27-12-18(25)23-16-7-3-2-6-14(16)21/h2-3,6-7,10-11H,4-5,8-9,12H2,1H3,(H,23,25). The Hall–Kier alpha value is -2.02. The number of halogens is 2. The Labute approximate surface area is 179 Å². The Kier molecular flexibility index (Phi) is 6.99. The Morgan fingerprint density at radius 2 is 1.89 bits per heavy atom. The molecule has 0 bridgehead atoms. The summed E-state index contributed by atoms with van der Waals surface area (Å²) in [6.45, 7) is 1.65. The molecule has 1 heterocycles. The van der Waals surface area contributed by atoms with Crippen molar-refractivity contribution in [2.75, 3.05) is 32.1 Å². The number of hydrogen-bond acceptors (Lipinski definition) is 4. The number of nitrogens with zero attached hydrogens (tertiary/aromatic N) is 1. The molecule has 1 fully saturated rings. The third-order valence-corrected chi connectivity index (χ3v) is 5.47. The minimum atomic E-state index is -0.358. The van der Waals surface area contributed by atoms with Crippen molar-refractivity contribution in [3.63, 3.8) is 0 Å². The van der Waals surface area contributed by atoms with Gasteiger partial charge >= 0.3 is 0 Å². The van der Waals surface area contributed by atoms with Gasteiger partial charge in [0.1, 0.15) is 4.99 Å². The summed E-state index contributed by atoms with van der Waals surface area (Å²) in [5, 5.41) is 3.48. The molecule has 1 amide bonds. The van der Waals surface area contributed by atoms with Gasteiger partial charge in [-0.3, -0.25) is 4.79 Å². The zero-order chi connectivity index (χ0) is 20.1. The fourth-order valence-corrected chi connectivity index (χ4v) is 3.72. The zero-order valence-corrected chi connectivity index (χ0v) is 17.7. The molecule has 1 N–H and O–H groups in total. The van der Waals surface area contributed by atoms with E-state index in [1.807, 2.05) is 0 Å². The van der Waals surface area contributed by atoms with E-state index in [-0.39, 0.29) is 12.5 Å². The quantitative estimate of drug-likeness (QED) is 0.656. The Morgan fingerprint density at radius 3 is 2.57 bits per heavy atom. The maximum atomic E-state index is 12.2. The molecule has 2 aromatic rings. The van der Waals surface area contributed by atoms with E-state index in [0.29, 0.717) is 27.2 Å². The van der Waals surface area contributed by atoms with Crippen LogP contribution in [0.15, 0.2) is 36.4 Å². The first-order valence-electron chi connectivity index (χ1n) is 8.83. The SMILES string of the molecule is COc1cc(C(=S)N2CCCC2)cc(Cl)c1OCC(=O)Nc1ccccc1Cl. The van der Waals surface area contributed by atoms with Crippen LogP contribution in [0.1, 0.15) is 18.4 Å². The summed E-state index contributed by atoms with van der Waals surface area (Å²) in [4.78, 5) is 15.1. The van der Waals surface area contributed by atoms with Gasteiger partial charge in [0.15, 0.2) is 18.1 Å². The molecule has 0 aromatic heterocycles. The predicted molar refractivity (Wildman–Crippen MR) is 116 cm³/mol. The van der Waals surface area contributed by atoms with Gasteiger partial charge in [-0.1, -0.05) is 47.6 Å². The van der Waals surface area contributed by atoms with Gasteiger partial charge in [-0.25, -0.2) is 0 Å². The molecule has 0 unspecified atom stereocenters. The second-order valence-corrected chi connectivity index (χ2v) is 7.51. The maximum Gasteiger partial charge on any atom is 0.262 e. The molecule has 0 atom stereocenters. The highest BCUT2D eigenvalue weighted by molar-refractivity contribution is 7.80. The van der Waals surface area contributed by atoms with Crippen molar-refractivity contribution >= 4 is 52.0 Å². The molecule has 28 heavy (non-hydrogen) atoms. The van der Waals surface area contributed by atoms with Gasteiger partial charge in [-0.2, -0.15) is 0 Å². The highest BCUT2D eigenvalue weighted by Gasteiger charge is 2.20. The van der Waals surface area contributed by atoms with E-state index in [1.165, 1.54) is 7.11 Å². The molecule has 5 nitrogen and oxygen atoms in total. The third kappa shape index (κ3) is 4.87. The topological polar surface area (TPSA) is 50.8 Å². The van der Waals surface area contributed by atoms with Crippen LogP contribution in [0, 0.1) is 0 Å². The van der Waals surface area contributed by atoms with Crippen LogP contribution in [-0.2, 0) is 4.79 Å². The average Bonchev–Trinajstić information content (AvgIpc) is 3.22. The van der Waals surface area contributed by atoms with E-state index >= 15 is 0 Å². The number of nitrogens with one attached hydrogen (secondary N) is 1. The minimum Gasteiger partial charge on any atom is -0.493 e. The number of hydrogen-bond donors (Lipinski definition) is 1. The first-order chi connectivity index (χ1) is 13.5. The van der Waals surface area contributed by atoms with Crippen LogP contribution in [-0.4, -0.2) is 42.6 Å². The summed E-state index contributed by atoms with van der Waals surface area (Å²) < 4.78 is 11.0. The van der Waals surface area contributed by atoms with Crippen LogP contribution in [0.2, 0.25) is 10.0 Å². The molecule has 8 heteroatoms. The van der Waals surface area contributed by atoms with Gasteiger partial charge in [-0.15, -0.1) is 0 Å². The van der Waals surface area contributed by atoms with E-state index in [4.69, 9.17) is 44.9 Å². The van der Waals surface area contributed by atoms with Crippen LogP contribution in [0.4, 0.5) is 5.69 Å². The number of methoxy groups -OCH3 is 1. The lowest BCUT2D eigenvalue weighted by atomic mass is 10.2. The van der Waals surface area contributed by atoms with Crippen molar-refractivity contribution in [2.24, 2.45) is 0 Å². The molecular formula is C20H20Cl2N2O3S. The van der Waals surface area contributed by atoms with Gasteiger partial charge in [0.2, 0.25) is 0 Å². The Morgan fingerprint density at radius 1 is 1.18 bits per heavy atom. The van der Waals surface area contributed by atoms with Crippen molar-refractivity contribution in [2.45, 2.75) is 12.8 Å². The molecule has 0 radical (unpaired) electrons. The summed E-state index contributed by atoms with van der Waals surface area (Å²) in [5.41, 5.74) is 1.31. The zero-order valence-electron chi connectivity index (χ0n) is 15.3. The molecule has 148 valence electrons. The van der Waals surface area contributed by atoms with Crippen LogP contribution in [0.25, 0.3) is 0 Å². The van der Waals surface area contributed by atoms with E-state index in [2.05, 4.69) is 10.2 Å². The fourth-order valence-electron chi connectivity index (χ4n) is 2.97. The molecule has 0 spiro atoms. The summed E-state index contributed by atoms with van der Waals surface area (Å²) in [5.74, 6) is 0.365. The highest BCUT2D eigenvalue weighted by atomic mass is 35.5. The first-order valence-corrected chi connectivity index (χ1v) is 10.00. The summed E-state index contributed by atoms with van der Waals surface area (Å²) in [6.07, 6.45) is 2.26. The summed E-state index contributed by atoms with van der Waals surface area (Å²) in [7, 11) is 1.52. The van der Waals surface area contributed by atoms with Crippen LogP contribution < -0.4 is 14.8 Å². The van der Waals surface area contributed by atoms with E-state index < -0.39 is 0 Å². The molecule has 1 aliphatic heterocycles. The maximum absolute atomic E-state index is 12.2. The lowest BCUT2D eigenvalue weighted by Crippen LogP contribution is -2.26. The highest BCUT2D eigenvalue weighted by Crippen LogP contribution is 2.37. The van der Waals surface area contributed by atoms with Crippen LogP contribution >= 0.6 is 35.4 Å². The molecule has 2 aromatic carbocycles. The smallest absolute Gasteiger partial charge is 0.262 e. The van der Waals surface area contributed by atoms with Gasteiger partial charge in [0.25, 0.3) is 5.91 Å². The number of para-hydroxylation sites is 1. The number of rotatable bonds is 6. The molecule has 1 saturated heterocycles. The second-order valence-electron chi connectivity index (χ2n) is 6.31. The lowest BCUT2D eigenvalue weighted by Gasteiger charge is -2.20. The number of carbonyl (C=O) groups is 1. The van der Waals surface area contributed by atoms with Crippen molar-refractivity contribution < 1.29 is 14.3 Å². The molecule has 0 saturated carbocycles. The second kappa shape index (κ2) is 9.45. The lowest BCUT2D eigenvalue weighted by molar-refractivity contribution is -0.118. The van der Waals surface area contributed by atoms with Gasteiger partial charge in [-0.05, 0) is 37.1 Å². The number of ether oxygens (including phenoxy) is 2. The number of thiocarbonyl (C=S) groups is 1. The van der Waals surface area contributed by atoms with Crippen molar-refractivity contribution in [3.8, 4) is 11.5 Å². The Bertz CT molecular complexity index is 886. The van der Waals surface area contributed by atoms with E-state index in [1.54, 1.807) is 36.4 Å². The van der Waals surface area contributed by atoms with Gasteiger partial charge in [0, 0.05) is 18.7 Å². The molecule has 1 aliphatic rings. The van der Waals surface area contributed by atoms with E-state index in [9.17, 15) is 4.79 Å². The van der Waals surface area contributed by atoms with Gasteiger partial charge < -0.3 is 19.7 Å². The minimum absolute atomic E-state index is 0.239. The van der Waals surface area contributed by atoms with Crippen molar-refractivity contribution in [1.82, 2.24) is 4.90 Å². The van der Waals surface area contributed by atoms with Crippen molar-refractivity contribution in [3.05, 3.63) is 52.0 Å². The molecule has 3 rings (SSSR count). The van der Waals surface area contributed by atoms with Gasteiger partial charge in [0.05, 0.1) is 22.8 Å². The summed E-state index contributed by atoms with van der Waals surface area (Å²) in [6, 6.07) is 10.5. The monoisotopic (exact) mass is 438 g/mol. The number of carbonyl (C=O) groups excluding carboxylic acids is 1. The summed E-state index contributed by atoms with van der Waals surface area (Å²) >= 11 is 18.0. The van der Waals surface area contributed by atoms with E-state index in [0.717, 1.165) is 36.5 Å². The van der Waals surface area contributed by atoms with Crippen LogP contribution in [0.5, 0.6) is 11.5 Å². The normalized spacial score (nSPS) is 13.3. The number of amides is 1. The Balaban J connectivity index is 1.70. The molecular weight excluding hydrogens is 419 g/mol. The molecule has 0 aliphatic carbocycles. The van der Waals surface area contributed by atoms with Crippen molar-refractivity contribution in [1.29, 1.82) is 0 Å². The number of likely N-dealkylation sites (tertiary alicyclic amines) is 1. The number of benzene rings is 2. The average molecular weight is 439 g/mol. The van der Waals surface area contributed by atoms with Crippen LogP contribution in [0.3, 0.4) is 0 Å². The third-order valence-electron chi connectivity index (χ3n) is 4.37. The first kappa shape index (κ1) is 20.7. The fraction of sp³-hybridized carbons (Fsp3) is 0.300. The number of anilines is 1.